The SMILES string of the molecule is CC(=O)Oc1ccc(C(=O)N(C)CC(=O)Nc2c(Cl)cccc2Cl)cc1. The van der Waals surface area contributed by atoms with Crippen molar-refractivity contribution >= 4 is 46.7 Å². The number of hydrogen-bond donors (Lipinski definition) is 1. The number of likely N-dealkylation sites (N-methyl/N-ethyl adjacent to an activating group) is 1. The van der Waals surface area contributed by atoms with Crippen molar-refractivity contribution in [1.82, 2.24) is 4.90 Å². The quantitative estimate of drug-likeness (QED) is 0.620. The molecule has 6 nitrogen and oxygen atoms in total. The number of benzene rings is 2. The van der Waals surface area contributed by atoms with Crippen LogP contribution in [-0.4, -0.2) is 36.3 Å². The molecule has 0 aliphatic heterocycles. The molecule has 0 unspecified atom stereocenters. The van der Waals surface area contributed by atoms with Crippen LogP contribution in [0, 0.1) is 0 Å². The van der Waals surface area contributed by atoms with E-state index in [4.69, 9.17) is 27.9 Å². The molecule has 2 amide bonds. The number of esters is 1. The predicted molar refractivity (Wildman–Crippen MR) is 99.8 cm³/mol. The summed E-state index contributed by atoms with van der Waals surface area (Å²) in [5, 5.41) is 3.20. The molecule has 0 radical (unpaired) electrons. The van der Waals surface area contributed by atoms with Crippen LogP contribution in [0.5, 0.6) is 5.75 Å². The Hall–Kier alpha value is -2.57. The van der Waals surface area contributed by atoms with E-state index in [2.05, 4.69) is 5.32 Å². The maximum Gasteiger partial charge on any atom is 0.308 e. The number of nitrogens with one attached hydrogen (secondary N) is 1. The molecule has 0 aromatic heterocycles. The maximum atomic E-state index is 12.4. The number of rotatable bonds is 5. The predicted octanol–water partition coefficient (Wildman–Crippen LogP) is 3.63. The van der Waals surface area contributed by atoms with E-state index in [0.29, 0.717) is 27.0 Å². The van der Waals surface area contributed by atoms with Gasteiger partial charge < -0.3 is 15.0 Å². The van der Waals surface area contributed by atoms with E-state index in [1.54, 1.807) is 18.2 Å². The summed E-state index contributed by atoms with van der Waals surface area (Å²) in [6.07, 6.45) is 0. The Bertz CT molecular complexity index is 817. The molecule has 0 saturated carbocycles. The Labute approximate surface area is 160 Å². The lowest BCUT2D eigenvalue weighted by Gasteiger charge is -2.17. The minimum atomic E-state index is -0.448. The molecule has 0 aliphatic carbocycles. The van der Waals surface area contributed by atoms with E-state index in [0.717, 1.165) is 0 Å². The molecule has 0 aliphatic rings. The third-order valence-corrected chi connectivity index (χ3v) is 3.95. The Morgan fingerprint density at radius 2 is 1.62 bits per heavy atom. The van der Waals surface area contributed by atoms with Gasteiger partial charge in [-0.15, -0.1) is 0 Å². The fourth-order valence-electron chi connectivity index (χ4n) is 2.14. The smallest absolute Gasteiger partial charge is 0.308 e. The summed E-state index contributed by atoms with van der Waals surface area (Å²) in [5.41, 5.74) is 0.652. The van der Waals surface area contributed by atoms with E-state index in [-0.39, 0.29) is 12.5 Å². The first-order valence-electron chi connectivity index (χ1n) is 7.55. The topological polar surface area (TPSA) is 75.7 Å². The third kappa shape index (κ3) is 5.21. The summed E-state index contributed by atoms with van der Waals surface area (Å²) in [6.45, 7) is 1.10. The van der Waals surface area contributed by atoms with Gasteiger partial charge in [0.2, 0.25) is 5.91 Å². The lowest BCUT2D eigenvalue weighted by atomic mass is 10.2. The van der Waals surface area contributed by atoms with Gasteiger partial charge >= 0.3 is 5.97 Å². The number of hydrogen-bond acceptors (Lipinski definition) is 4. The summed E-state index contributed by atoms with van der Waals surface area (Å²) in [4.78, 5) is 36.7. The molecule has 0 atom stereocenters. The Morgan fingerprint density at radius 1 is 1.04 bits per heavy atom. The van der Waals surface area contributed by atoms with Gasteiger partial charge in [-0.3, -0.25) is 14.4 Å². The molecule has 26 heavy (non-hydrogen) atoms. The molecule has 8 heteroatoms. The third-order valence-electron chi connectivity index (χ3n) is 3.32. The zero-order chi connectivity index (χ0) is 19.3. The molecule has 0 heterocycles. The number of carbonyl (C=O) groups excluding carboxylic acids is 3. The summed E-state index contributed by atoms with van der Waals surface area (Å²) >= 11 is 12.0. The van der Waals surface area contributed by atoms with Gasteiger partial charge in [0.25, 0.3) is 5.91 Å². The number of carbonyl (C=O) groups is 3. The maximum absolute atomic E-state index is 12.4. The molecule has 2 aromatic carbocycles. The number of amides is 2. The standard InChI is InChI=1S/C18H16Cl2N2O4/c1-11(23)26-13-8-6-12(7-9-13)18(25)22(2)10-16(24)21-17-14(19)4-3-5-15(17)20/h3-9H,10H2,1-2H3,(H,21,24). The second-order valence-electron chi connectivity index (χ2n) is 5.42. The largest absolute Gasteiger partial charge is 0.427 e. The number of halogens is 2. The normalized spacial score (nSPS) is 10.2. The van der Waals surface area contributed by atoms with Crippen LogP contribution in [-0.2, 0) is 9.59 Å². The van der Waals surface area contributed by atoms with Crippen LogP contribution in [0.2, 0.25) is 10.0 Å². The molecule has 136 valence electrons. The van der Waals surface area contributed by atoms with Crippen LogP contribution < -0.4 is 10.1 Å². The first-order chi connectivity index (χ1) is 12.3. The van der Waals surface area contributed by atoms with Crippen LogP contribution in [0.1, 0.15) is 17.3 Å². The van der Waals surface area contributed by atoms with Gasteiger partial charge in [0.1, 0.15) is 5.75 Å². The average Bonchev–Trinajstić information content (AvgIpc) is 2.58. The van der Waals surface area contributed by atoms with E-state index in [1.807, 2.05) is 0 Å². The monoisotopic (exact) mass is 394 g/mol. The molecule has 1 N–H and O–H groups in total. The summed E-state index contributed by atoms with van der Waals surface area (Å²) in [5.74, 6) is -0.911. The van der Waals surface area contributed by atoms with E-state index >= 15 is 0 Å². The van der Waals surface area contributed by atoms with Gasteiger partial charge in [-0.1, -0.05) is 29.3 Å². The van der Waals surface area contributed by atoms with Gasteiger partial charge in [0.15, 0.2) is 0 Å². The lowest BCUT2D eigenvalue weighted by molar-refractivity contribution is -0.131. The van der Waals surface area contributed by atoms with Crippen molar-refractivity contribution in [2.75, 3.05) is 18.9 Å². The highest BCUT2D eigenvalue weighted by Crippen LogP contribution is 2.29. The summed E-state index contributed by atoms with van der Waals surface area (Å²) in [6, 6.07) is 10.9. The van der Waals surface area contributed by atoms with Crippen molar-refractivity contribution in [2.24, 2.45) is 0 Å². The molecule has 0 bridgehead atoms. The van der Waals surface area contributed by atoms with Crippen LogP contribution in [0.25, 0.3) is 0 Å². The van der Waals surface area contributed by atoms with E-state index in [1.165, 1.54) is 43.1 Å². The second-order valence-corrected chi connectivity index (χ2v) is 6.24. The van der Waals surface area contributed by atoms with Gasteiger partial charge in [0, 0.05) is 19.5 Å². The first kappa shape index (κ1) is 19.8. The van der Waals surface area contributed by atoms with Gasteiger partial charge in [0.05, 0.1) is 22.3 Å². The highest BCUT2D eigenvalue weighted by molar-refractivity contribution is 6.39. The molecule has 0 saturated heterocycles. The first-order valence-corrected chi connectivity index (χ1v) is 8.31. The molecular formula is C18H16Cl2N2O4. The van der Waals surface area contributed by atoms with Crippen molar-refractivity contribution in [3.8, 4) is 5.75 Å². The van der Waals surface area contributed by atoms with Gasteiger partial charge in [-0.05, 0) is 36.4 Å². The zero-order valence-corrected chi connectivity index (χ0v) is 15.6. The van der Waals surface area contributed by atoms with E-state index in [9.17, 15) is 14.4 Å². The number of nitrogens with zero attached hydrogens (tertiary/aromatic N) is 1. The fraction of sp³-hybridized carbons (Fsp3) is 0.167. The molecule has 2 aromatic rings. The summed E-state index contributed by atoms with van der Waals surface area (Å²) in [7, 11) is 1.50. The molecule has 2 rings (SSSR count). The van der Waals surface area contributed by atoms with Crippen molar-refractivity contribution < 1.29 is 19.1 Å². The van der Waals surface area contributed by atoms with Gasteiger partial charge in [-0.25, -0.2) is 0 Å². The van der Waals surface area contributed by atoms with Crippen LogP contribution in [0.4, 0.5) is 5.69 Å². The van der Waals surface area contributed by atoms with Crippen LogP contribution >= 0.6 is 23.2 Å². The van der Waals surface area contributed by atoms with Crippen molar-refractivity contribution in [1.29, 1.82) is 0 Å². The average molecular weight is 395 g/mol. The lowest BCUT2D eigenvalue weighted by Crippen LogP contribution is -2.35. The van der Waals surface area contributed by atoms with Crippen LogP contribution in [0.15, 0.2) is 42.5 Å². The number of para-hydroxylation sites is 1. The van der Waals surface area contributed by atoms with Crippen LogP contribution in [0.3, 0.4) is 0 Å². The minimum absolute atomic E-state index is 0.188. The zero-order valence-electron chi connectivity index (χ0n) is 14.1. The summed E-state index contributed by atoms with van der Waals surface area (Å²) < 4.78 is 4.91. The van der Waals surface area contributed by atoms with Crippen molar-refractivity contribution in [3.63, 3.8) is 0 Å². The van der Waals surface area contributed by atoms with E-state index < -0.39 is 11.9 Å². The molecule has 0 spiro atoms. The number of ether oxygens (including phenoxy) is 1. The fourth-order valence-corrected chi connectivity index (χ4v) is 2.63. The number of anilines is 1. The Kier molecular flexibility index (Phi) is 6.60. The Morgan fingerprint density at radius 3 is 2.15 bits per heavy atom. The molecule has 0 fully saturated rings. The molecular weight excluding hydrogens is 379 g/mol. The minimum Gasteiger partial charge on any atom is -0.427 e. The Balaban J connectivity index is 2.00. The highest BCUT2D eigenvalue weighted by Gasteiger charge is 2.17. The highest BCUT2D eigenvalue weighted by atomic mass is 35.5. The van der Waals surface area contributed by atoms with Crippen molar-refractivity contribution in [2.45, 2.75) is 6.92 Å². The van der Waals surface area contributed by atoms with Crippen molar-refractivity contribution in [3.05, 3.63) is 58.1 Å². The second kappa shape index (κ2) is 8.69. The van der Waals surface area contributed by atoms with Gasteiger partial charge in [-0.2, -0.15) is 0 Å².